The van der Waals surface area contributed by atoms with Crippen LogP contribution in [0.5, 0.6) is 0 Å². The van der Waals surface area contributed by atoms with Crippen molar-refractivity contribution in [3.8, 4) is 0 Å². The Morgan fingerprint density at radius 3 is 2.29 bits per heavy atom. The molecule has 0 saturated carbocycles. The summed E-state index contributed by atoms with van der Waals surface area (Å²) in [6.07, 6.45) is 0.250. The summed E-state index contributed by atoms with van der Waals surface area (Å²) < 4.78 is 1.49. The molecule has 0 radical (unpaired) electrons. The number of carboxylic acids is 1. The summed E-state index contributed by atoms with van der Waals surface area (Å²) >= 11 is 6.59. The quantitative estimate of drug-likeness (QED) is 0.794. The second-order valence-corrected chi connectivity index (χ2v) is 6.12. The third-order valence-corrected chi connectivity index (χ3v) is 3.95. The van der Waals surface area contributed by atoms with Gasteiger partial charge >= 0.3 is 5.97 Å². The molecule has 2 aromatic carbocycles. The first kappa shape index (κ1) is 15.7. The van der Waals surface area contributed by atoms with Gasteiger partial charge in [-0.2, -0.15) is 0 Å². The van der Waals surface area contributed by atoms with Crippen LogP contribution in [0.25, 0.3) is 0 Å². The normalized spacial score (nSPS) is 10.2. The molecule has 0 aromatic heterocycles. The highest BCUT2D eigenvalue weighted by Gasteiger charge is 2.10. The first-order valence-electron chi connectivity index (χ1n) is 6.03. The number of carboxylic acid groups (broad SMARTS) is 1. The van der Waals surface area contributed by atoms with Crippen molar-refractivity contribution < 1.29 is 14.7 Å². The highest BCUT2D eigenvalue weighted by atomic mass is 79.9. The van der Waals surface area contributed by atoms with E-state index in [0.29, 0.717) is 10.2 Å². The highest BCUT2D eigenvalue weighted by molar-refractivity contribution is 9.10. The van der Waals surface area contributed by atoms with Crippen molar-refractivity contribution in [3.05, 3.63) is 62.5 Å². The van der Waals surface area contributed by atoms with Crippen LogP contribution in [0.1, 0.15) is 15.9 Å². The SMILES string of the molecule is O=C(Cc1ccc(Br)cc1)Nc1ccc(C(=O)O)cc1Br. The zero-order chi connectivity index (χ0) is 15.4. The summed E-state index contributed by atoms with van der Waals surface area (Å²) in [7, 11) is 0. The number of amides is 1. The average Bonchev–Trinajstić information content (AvgIpc) is 2.43. The van der Waals surface area contributed by atoms with Gasteiger partial charge in [-0.15, -0.1) is 0 Å². The van der Waals surface area contributed by atoms with Gasteiger partial charge in [0.05, 0.1) is 17.7 Å². The Bertz CT molecular complexity index is 684. The average molecular weight is 413 g/mol. The van der Waals surface area contributed by atoms with Crippen LogP contribution in [0, 0.1) is 0 Å². The lowest BCUT2D eigenvalue weighted by molar-refractivity contribution is -0.115. The van der Waals surface area contributed by atoms with Crippen LogP contribution in [0.4, 0.5) is 5.69 Å². The molecule has 108 valence electrons. The van der Waals surface area contributed by atoms with E-state index in [0.717, 1.165) is 10.0 Å². The molecule has 2 aromatic rings. The molecular formula is C15H11Br2NO3. The third kappa shape index (κ3) is 4.41. The molecule has 0 saturated heterocycles. The van der Waals surface area contributed by atoms with Gasteiger partial charge in [-0.05, 0) is 51.8 Å². The van der Waals surface area contributed by atoms with E-state index in [4.69, 9.17) is 5.11 Å². The van der Waals surface area contributed by atoms with Crippen molar-refractivity contribution in [1.29, 1.82) is 0 Å². The molecule has 0 unspecified atom stereocenters. The Balaban J connectivity index is 2.06. The summed E-state index contributed by atoms with van der Waals surface area (Å²) in [5.74, 6) is -1.18. The first-order chi connectivity index (χ1) is 9.95. The summed E-state index contributed by atoms with van der Waals surface area (Å²) in [6, 6.07) is 12.0. The Morgan fingerprint density at radius 2 is 1.71 bits per heavy atom. The number of halogens is 2. The van der Waals surface area contributed by atoms with E-state index in [1.165, 1.54) is 12.1 Å². The van der Waals surface area contributed by atoms with E-state index in [9.17, 15) is 9.59 Å². The van der Waals surface area contributed by atoms with Gasteiger partial charge in [0, 0.05) is 8.95 Å². The number of rotatable bonds is 4. The van der Waals surface area contributed by atoms with Crippen molar-refractivity contribution in [2.75, 3.05) is 5.32 Å². The zero-order valence-corrected chi connectivity index (χ0v) is 13.9. The molecular weight excluding hydrogens is 402 g/mol. The van der Waals surface area contributed by atoms with Gasteiger partial charge in [0.15, 0.2) is 0 Å². The molecule has 4 nitrogen and oxygen atoms in total. The summed E-state index contributed by atoms with van der Waals surface area (Å²) in [5.41, 5.74) is 1.60. The van der Waals surface area contributed by atoms with E-state index in [1.807, 2.05) is 24.3 Å². The van der Waals surface area contributed by atoms with Crippen molar-refractivity contribution in [1.82, 2.24) is 0 Å². The van der Waals surface area contributed by atoms with Crippen molar-refractivity contribution in [2.24, 2.45) is 0 Å². The fourth-order valence-corrected chi connectivity index (χ4v) is 2.47. The fraction of sp³-hybridized carbons (Fsp3) is 0.0667. The molecule has 2 N–H and O–H groups in total. The molecule has 0 aliphatic heterocycles. The van der Waals surface area contributed by atoms with E-state index in [1.54, 1.807) is 6.07 Å². The number of benzene rings is 2. The second kappa shape index (κ2) is 6.87. The minimum absolute atomic E-state index is 0.160. The largest absolute Gasteiger partial charge is 0.478 e. The smallest absolute Gasteiger partial charge is 0.335 e. The van der Waals surface area contributed by atoms with E-state index < -0.39 is 5.97 Å². The van der Waals surface area contributed by atoms with Crippen LogP contribution >= 0.6 is 31.9 Å². The molecule has 6 heteroatoms. The lowest BCUT2D eigenvalue weighted by Gasteiger charge is -2.08. The van der Waals surface area contributed by atoms with Gasteiger partial charge < -0.3 is 10.4 Å². The Morgan fingerprint density at radius 1 is 1.05 bits per heavy atom. The van der Waals surface area contributed by atoms with Crippen LogP contribution in [0.3, 0.4) is 0 Å². The molecule has 0 aliphatic rings. The molecule has 0 fully saturated rings. The Kier molecular flexibility index (Phi) is 5.14. The number of carbonyl (C=O) groups excluding carboxylic acids is 1. The van der Waals surface area contributed by atoms with Crippen molar-refractivity contribution in [2.45, 2.75) is 6.42 Å². The predicted molar refractivity (Wildman–Crippen MR) is 87.6 cm³/mol. The van der Waals surface area contributed by atoms with E-state index in [-0.39, 0.29) is 17.9 Å². The number of carbonyl (C=O) groups is 2. The van der Waals surface area contributed by atoms with Gasteiger partial charge in [-0.1, -0.05) is 28.1 Å². The number of nitrogens with one attached hydrogen (secondary N) is 1. The maximum Gasteiger partial charge on any atom is 0.335 e. The minimum Gasteiger partial charge on any atom is -0.478 e. The van der Waals surface area contributed by atoms with Gasteiger partial charge in [-0.25, -0.2) is 4.79 Å². The topological polar surface area (TPSA) is 66.4 Å². The Hall–Kier alpha value is -1.66. The van der Waals surface area contributed by atoms with Crippen molar-refractivity contribution >= 4 is 49.4 Å². The van der Waals surface area contributed by atoms with E-state index >= 15 is 0 Å². The molecule has 21 heavy (non-hydrogen) atoms. The van der Waals surface area contributed by atoms with Gasteiger partial charge in [0.25, 0.3) is 0 Å². The highest BCUT2D eigenvalue weighted by Crippen LogP contribution is 2.24. The van der Waals surface area contributed by atoms with Crippen LogP contribution in [0.15, 0.2) is 51.4 Å². The van der Waals surface area contributed by atoms with Gasteiger partial charge in [0.2, 0.25) is 5.91 Å². The number of anilines is 1. The summed E-state index contributed by atoms with van der Waals surface area (Å²) in [6.45, 7) is 0. The maximum atomic E-state index is 12.0. The van der Waals surface area contributed by atoms with E-state index in [2.05, 4.69) is 37.2 Å². The van der Waals surface area contributed by atoms with Crippen LogP contribution in [0.2, 0.25) is 0 Å². The molecule has 0 heterocycles. The molecule has 2 rings (SSSR count). The number of hydrogen-bond acceptors (Lipinski definition) is 2. The third-order valence-electron chi connectivity index (χ3n) is 2.77. The van der Waals surface area contributed by atoms with Gasteiger partial charge in [0.1, 0.15) is 0 Å². The molecule has 0 atom stereocenters. The first-order valence-corrected chi connectivity index (χ1v) is 7.61. The minimum atomic E-state index is -1.01. The monoisotopic (exact) mass is 411 g/mol. The zero-order valence-electron chi connectivity index (χ0n) is 10.8. The van der Waals surface area contributed by atoms with Crippen molar-refractivity contribution in [3.63, 3.8) is 0 Å². The fourth-order valence-electron chi connectivity index (χ4n) is 1.73. The molecule has 1 amide bonds. The van der Waals surface area contributed by atoms with Crippen LogP contribution in [-0.4, -0.2) is 17.0 Å². The molecule has 0 spiro atoms. The summed E-state index contributed by atoms with van der Waals surface area (Å²) in [5, 5.41) is 11.6. The van der Waals surface area contributed by atoms with Gasteiger partial charge in [-0.3, -0.25) is 4.79 Å². The van der Waals surface area contributed by atoms with Crippen LogP contribution in [-0.2, 0) is 11.2 Å². The standard InChI is InChI=1S/C15H11Br2NO3/c16-11-4-1-9(2-5-11)7-14(19)18-13-6-3-10(15(20)21)8-12(13)17/h1-6,8H,7H2,(H,18,19)(H,20,21). The number of aromatic carboxylic acids is 1. The molecule has 0 bridgehead atoms. The predicted octanol–water partition coefficient (Wildman–Crippen LogP) is 4.09. The lowest BCUT2D eigenvalue weighted by atomic mass is 10.1. The second-order valence-electron chi connectivity index (χ2n) is 4.35. The maximum absolute atomic E-state index is 12.0. The molecule has 0 aliphatic carbocycles. The Labute approximate surface area is 138 Å². The number of hydrogen-bond donors (Lipinski definition) is 2. The summed E-state index contributed by atoms with van der Waals surface area (Å²) in [4.78, 5) is 22.8. The lowest BCUT2D eigenvalue weighted by Crippen LogP contribution is -2.15. The van der Waals surface area contributed by atoms with Crippen LogP contribution < -0.4 is 5.32 Å².